The SMILES string of the molecule is COc1ccccc1C(=O)N1CCC[C@](COc2ccccc2)(CC(=O)N2CCCCC2)C1. The Labute approximate surface area is 196 Å². The van der Waals surface area contributed by atoms with E-state index in [1.54, 1.807) is 13.2 Å². The molecule has 2 aromatic rings. The second-order valence-electron chi connectivity index (χ2n) is 9.25. The Balaban J connectivity index is 1.54. The third-order valence-electron chi connectivity index (χ3n) is 6.81. The highest BCUT2D eigenvalue weighted by atomic mass is 16.5. The topological polar surface area (TPSA) is 59.1 Å². The fraction of sp³-hybridized carbons (Fsp3) is 0.481. The van der Waals surface area contributed by atoms with E-state index in [0.29, 0.717) is 37.4 Å². The van der Waals surface area contributed by atoms with E-state index in [2.05, 4.69) is 0 Å². The van der Waals surface area contributed by atoms with Crippen LogP contribution in [0.4, 0.5) is 0 Å². The van der Waals surface area contributed by atoms with Crippen LogP contribution in [0.2, 0.25) is 0 Å². The van der Waals surface area contributed by atoms with Crippen molar-refractivity contribution in [1.29, 1.82) is 0 Å². The molecule has 0 saturated carbocycles. The number of nitrogens with zero attached hydrogens (tertiary/aromatic N) is 2. The zero-order chi connectivity index (χ0) is 23.1. The summed E-state index contributed by atoms with van der Waals surface area (Å²) in [5.74, 6) is 1.48. The maximum absolute atomic E-state index is 13.4. The van der Waals surface area contributed by atoms with Gasteiger partial charge in [-0.1, -0.05) is 30.3 Å². The molecule has 2 fully saturated rings. The molecule has 4 rings (SSSR count). The summed E-state index contributed by atoms with van der Waals surface area (Å²) in [5.41, 5.74) is 0.141. The van der Waals surface area contributed by atoms with E-state index in [-0.39, 0.29) is 11.8 Å². The molecule has 0 aromatic heterocycles. The molecular formula is C27H34N2O4. The molecule has 0 bridgehead atoms. The van der Waals surface area contributed by atoms with Gasteiger partial charge in [-0.25, -0.2) is 0 Å². The van der Waals surface area contributed by atoms with E-state index in [0.717, 1.165) is 44.5 Å². The first-order chi connectivity index (χ1) is 16.1. The highest BCUT2D eigenvalue weighted by Crippen LogP contribution is 2.36. The second-order valence-corrected chi connectivity index (χ2v) is 9.25. The van der Waals surface area contributed by atoms with Crippen molar-refractivity contribution in [3.05, 3.63) is 60.2 Å². The minimum absolute atomic E-state index is 0.0540. The van der Waals surface area contributed by atoms with Gasteiger partial charge in [-0.3, -0.25) is 9.59 Å². The van der Waals surface area contributed by atoms with Gasteiger partial charge < -0.3 is 19.3 Å². The summed E-state index contributed by atoms with van der Waals surface area (Å²) >= 11 is 0. The number of methoxy groups -OCH3 is 1. The molecule has 0 unspecified atom stereocenters. The number of hydrogen-bond donors (Lipinski definition) is 0. The fourth-order valence-electron chi connectivity index (χ4n) is 5.02. The highest BCUT2D eigenvalue weighted by molar-refractivity contribution is 5.97. The zero-order valence-corrected chi connectivity index (χ0v) is 19.5. The molecular weight excluding hydrogens is 416 g/mol. The van der Waals surface area contributed by atoms with Crippen LogP contribution in [0.5, 0.6) is 11.5 Å². The van der Waals surface area contributed by atoms with E-state index in [9.17, 15) is 9.59 Å². The lowest BCUT2D eigenvalue weighted by Crippen LogP contribution is -2.51. The molecule has 2 saturated heterocycles. The maximum atomic E-state index is 13.4. The molecule has 6 heteroatoms. The minimum atomic E-state index is -0.416. The second kappa shape index (κ2) is 10.7. The van der Waals surface area contributed by atoms with E-state index < -0.39 is 5.41 Å². The van der Waals surface area contributed by atoms with Crippen molar-refractivity contribution in [2.45, 2.75) is 38.5 Å². The molecule has 176 valence electrons. The lowest BCUT2D eigenvalue weighted by atomic mass is 9.77. The summed E-state index contributed by atoms with van der Waals surface area (Å²) in [6.07, 6.45) is 5.42. The summed E-state index contributed by atoms with van der Waals surface area (Å²) in [4.78, 5) is 30.6. The number of para-hydroxylation sites is 2. The molecule has 2 aliphatic heterocycles. The molecule has 2 aromatic carbocycles. The maximum Gasteiger partial charge on any atom is 0.257 e. The zero-order valence-electron chi connectivity index (χ0n) is 19.5. The Hall–Kier alpha value is -3.02. The van der Waals surface area contributed by atoms with Crippen LogP contribution >= 0.6 is 0 Å². The van der Waals surface area contributed by atoms with Gasteiger partial charge in [-0.05, 0) is 56.4 Å². The predicted molar refractivity (Wildman–Crippen MR) is 128 cm³/mol. The van der Waals surface area contributed by atoms with Crippen molar-refractivity contribution >= 4 is 11.8 Å². The van der Waals surface area contributed by atoms with Gasteiger partial charge in [0.15, 0.2) is 0 Å². The number of benzene rings is 2. The smallest absolute Gasteiger partial charge is 0.257 e. The van der Waals surface area contributed by atoms with Crippen LogP contribution in [0, 0.1) is 5.41 Å². The Bertz CT molecular complexity index is 942. The molecule has 0 spiro atoms. The van der Waals surface area contributed by atoms with Crippen LogP contribution in [0.25, 0.3) is 0 Å². The van der Waals surface area contributed by atoms with E-state index in [1.165, 1.54) is 6.42 Å². The molecule has 2 aliphatic rings. The van der Waals surface area contributed by atoms with Crippen LogP contribution in [0.15, 0.2) is 54.6 Å². The number of carbonyl (C=O) groups is 2. The van der Waals surface area contributed by atoms with Gasteiger partial charge in [0.2, 0.25) is 5.91 Å². The van der Waals surface area contributed by atoms with Gasteiger partial charge in [-0.2, -0.15) is 0 Å². The summed E-state index contributed by atoms with van der Waals surface area (Å²) in [6.45, 7) is 3.24. The molecule has 2 amide bonds. The van der Waals surface area contributed by atoms with Crippen molar-refractivity contribution in [3.8, 4) is 11.5 Å². The lowest BCUT2D eigenvalue weighted by Gasteiger charge is -2.43. The summed E-state index contributed by atoms with van der Waals surface area (Å²) < 4.78 is 11.6. The molecule has 33 heavy (non-hydrogen) atoms. The predicted octanol–water partition coefficient (Wildman–Crippen LogP) is 4.40. The van der Waals surface area contributed by atoms with Gasteiger partial charge in [0.1, 0.15) is 11.5 Å². The van der Waals surface area contributed by atoms with Crippen LogP contribution in [0.3, 0.4) is 0 Å². The number of carbonyl (C=O) groups excluding carboxylic acids is 2. The molecule has 6 nitrogen and oxygen atoms in total. The lowest BCUT2D eigenvalue weighted by molar-refractivity contribution is -0.136. The normalized spacial score (nSPS) is 20.9. The van der Waals surface area contributed by atoms with Crippen LogP contribution in [-0.4, -0.2) is 61.5 Å². The number of piperidine rings is 2. The van der Waals surface area contributed by atoms with Crippen LogP contribution in [-0.2, 0) is 4.79 Å². The van der Waals surface area contributed by atoms with E-state index in [1.807, 2.05) is 58.3 Å². The van der Waals surface area contributed by atoms with E-state index in [4.69, 9.17) is 9.47 Å². The minimum Gasteiger partial charge on any atom is -0.496 e. The van der Waals surface area contributed by atoms with Gasteiger partial charge >= 0.3 is 0 Å². The molecule has 2 heterocycles. The summed E-state index contributed by atoms with van der Waals surface area (Å²) in [6, 6.07) is 17.0. The standard InChI is InChI=1S/C27H34N2O4/c1-32-24-14-7-6-13-23(24)26(31)29-18-10-15-27(20-29,21-33-22-11-4-2-5-12-22)19-25(30)28-16-8-3-9-17-28/h2,4-7,11-14H,3,8-10,15-21H2,1H3/t27-/m0/s1. The van der Waals surface area contributed by atoms with Gasteiger partial charge in [0.25, 0.3) is 5.91 Å². The van der Waals surface area contributed by atoms with Crippen molar-refractivity contribution < 1.29 is 19.1 Å². The third kappa shape index (κ3) is 5.67. The number of amides is 2. The Morgan fingerprint density at radius 2 is 1.58 bits per heavy atom. The number of ether oxygens (including phenoxy) is 2. The Morgan fingerprint density at radius 3 is 2.33 bits per heavy atom. The first-order valence-corrected chi connectivity index (χ1v) is 12.0. The van der Waals surface area contributed by atoms with E-state index >= 15 is 0 Å². The molecule has 1 atom stereocenters. The van der Waals surface area contributed by atoms with Crippen LogP contribution < -0.4 is 9.47 Å². The summed E-state index contributed by atoms with van der Waals surface area (Å²) in [5, 5.41) is 0. The number of rotatable bonds is 7. The quantitative estimate of drug-likeness (QED) is 0.627. The van der Waals surface area contributed by atoms with Crippen LogP contribution in [0.1, 0.15) is 48.9 Å². The molecule has 0 aliphatic carbocycles. The largest absolute Gasteiger partial charge is 0.496 e. The monoisotopic (exact) mass is 450 g/mol. The first kappa shape index (κ1) is 23.1. The van der Waals surface area contributed by atoms with Crippen molar-refractivity contribution in [3.63, 3.8) is 0 Å². The average molecular weight is 451 g/mol. The Kier molecular flexibility index (Phi) is 7.53. The van der Waals surface area contributed by atoms with Gasteiger partial charge in [0.05, 0.1) is 19.3 Å². The van der Waals surface area contributed by atoms with Gasteiger partial charge in [0, 0.05) is 38.0 Å². The molecule has 0 N–H and O–H groups in total. The van der Waals surface area contributed by atoms with Crippen molar-refractivity contribution in [1.82, 2.24) is 9.80 Å². The highest BCUT2D eigenvalue weighted by Gasteiger charge is 2.41. The fourth-order valence-corrected chi connectivity index (χ4v) is 5.02. The Morgan fingerprint density at radius 1 is 0.879 bits per heavy atom. The van der Waals surface area contributed by atoms with Gasteiger partial charge in [-0.15, -0.1) is 0 Å². The molecule has 0 radical (unpaired) electrons. The number of likely N-dealkylation sites (tertiary alicyclic amines) is 2. The third-order valence-corrected chi connectivity index (χ3v) is 6.81. The van der Waals surface area contributed by atoms with Crippen molar-refractivity contribution in [2.75, 3.05) is 39.9 Å². The average Bonchev–Trinajstić information content (AvgIpc) is 2.88. The number of hydrogen-bond acceptors (Lipinski definition) is 4. The summed E-state index contributed by atoms with van der Waals surface area (Å²) in [7, 11) is 1.58. The first-order valence-electron chi connectivity index (χ1n) is 12.0. The van der Waals surface area contributed by atoms with Crippen molar-refractivity contribution in [2.24, 2.45) is 5.41 Å².